The Morgan fingerprint density at radius 2 is 1.91 bits per heavy atom. The molecule has 0 saturated carbocycles. The molecule has 0 aromatic heterocycles. The van der Waals surface area contributed by atoms with E-state index in [1.807, 2.05) is 0 Å². The molecule has 4 N–H and O–H groups in total. The van der Waals surface area contributed by atoms with Crippen molar-refractivity contribution < 1.29 is 29.0 Å². The summed E-state index contributed by atoms with van der Waals surface area (Å²) in [6, 6.07) is 4.86. The van der Waals surface area contributed by atoms with Crippen molar-refractivity contribution in [3.63, 3.8) is 0 Å². The predicted octanol–water partition coefficient (Wildman–Crippen LogP) is -0.287. The second kappa shape index (κ2) is 8.40. The average molecular weight is 308 g/mol. The van der Waals surface area contributed by atoms with Gasteiger partial charge in [0.25, 0.3) is 5.91 Å². The van der Waals surface area contributed by atoms with E-state index < -0.39 is 23.8 Å². The lowest BCUT2D eigenvalue weighted by atomic mass is 10.1. The maximum atomic E-state index is 11.6. The summed E-state index contributed by atoms with van der Waals surface area (Å²) in [5, 5.41) is 11.2. The first-order valence-corrected chi connectivity index (χ1v) is 6.41. The summed E-state index contributed by atoms with van der Waals surface area (Å²) in [5.41, 5.74) is 5.40. The van der Waals surface area contributed by atoms with Crippen LogP contribution in [0.3, 0.4) is 0 Å². The van der Waals surface area contributed by atoms with Gasteiger partial charge < -0.3 is 20.9 Å². The van der Waals surface area contributed by atoms with Gasteiger partial charge in [-0.05, 0) is 30.7 Å². The Bertz CT molecular complexity index is 555. The van der Waals surface area contributed by atoms with Crippen molar-refractivity contribution >= 4 is 24.1 Å². The lowest BCUT2D eigenvalue weighted by Crippen LogP contribution is -2.43. The second-order valence-corrected chi connectivity index (χ2v) is 4.44. The van der Waals surface area contributed by atoms with E-state index in [0.29, 0.717) is 17.6 Å². The topological polar surface area (TPSA) is 136 Å². The maximum absolute atomic E-state index is 11.6. The number of carbonyl (C=O) groups excluding carboxylic acids is 3. The predicted molar refractivity (Wildman–Crippen MR) is 75.3 cm³/mol. The fraction of sp³-hybridized carbons (Fsp3) is 0.286. The summed E-state index contributed by atoms with van der Waals surface area (Å²) in [6.07, 6.45) is 0.433. The fourth-order valence-electron chi connectivity index (χ4n) is 1.57. The molecule has 1 aromatic rings. The minimum Gasteiger partial charge on any atom is -0.484 e. The molecule has 0 fully saturated rings. The SMILES string of the molecule is NC(=O)CCC(NC(=O)COc1ccc(C=O)cc1)C(=O)O. The lowest BCUT2D eigenvalue weighted by Gasteiger charge is -2.14. The average Bonchev–Trinajstić information content (AvgIpc) is 2.49. The highest BCUT2D eigenvalue weighted by atomic mass is 16.5. The van der Waals surface area contributed by atoms with Crippen LogP contribution in [0.25, 0.3) is 0 Å². The van der Waals surface area contributed by atoms with Gasteiger partial charge in [0.1, 0.15) is 18.1 Å². The number of ether oxygens (including phenoxy) is 1. The van der Waals surface area contributed by atoms with Crippen LogP contribution >= 0.6 is 0 Å². The quantitative estimate of drug-likeness (QED) is 0.536. The summed E-state index contributed by atoms with van der Waals surface area (Å²) >= 11 is 0. The molecule has 1 atom stereocenters. The van der Waals surface area contributed by atoms with Gasteiger partial charge >= 0.3 is 5.97 Å². The van der Waals surface area contributed by atoms with E-state index in [4.69, 9.17) is 15.6 Å². The summed E-state index contributed by atoms with van der Waals surface area (Å²) in [4.78, 5) is 43.7. The molecule has 22 heavy (non-hydrogen) atoms. The highest BCUT2D eigenvalue weighted by Gasteiger charge is 2.20. The molecule has 0 bridgehead atoms. The Labute approximate surface area is 126 Å². The van der Waals surface area contributed by atoms with Crippen molar-refractivity contribution in [3.8, 4) is 5.75 Å². The van der Waals surface area contributed by atoms with E-state index in [1.165, 1.54) is 24.3 Å². The van der Waals surface area contributed by atoms with Crippen LogP contribution in [0.5, 0.6) is 5.75 Å². The first-order chi connectivity index (χ1) is 10.4. The van der Waals surface area contributed by atoms with E-state index in [2.05, 4.69) is 5.32 Å². The number of carboxylic acid groups (broad SMARTS) is 1. The number of nitrogens with two attached hydrogens (primary N) is 1. The van der Waals surface area contributed by atoms with Gasteiger partial charge in [0, 0.05) is 12.0 Å². The Hall–Kier alpha value is -2.90. The Morgan fingerprint density at radius 3 is 2.41 bits per heavy atom. The Morgan fingerprint density at radius 1 is 1.27 bits per heavy atom. The van der Waals surface area contributed by atoms with Crippen molar-refractivity contribution in [2.24, 2.45) is 5.73 Å². The number of hydrogen-bond acceptors (Lipinski definition) is 5. The molecule has 0 radical (unpaired) electrons. The van der Waals surface area contributed by atoms with Gasteiger partial charge in [-0.25, -0.2) is 4.79 Å². The summed E-state index contributed by atoms with van der Waals surface area (Å²) in [6.45, 7) is -0.388. The molecule has 0 aliphatic rings. The third kappa shape index (κ3) is 6.04. The standard InChI is InChI=1S/C14H16N2O6/c15-12(18)6-5-11(14(20)21)16-13(19)8-22-10-3-1-9(7-17)2-4-10/h1-4,7,11H,5-6,8H2,(H2,15,18)(H,16,19)(H,20,21). The van der Waals surface area contributed by atoms with Crippen molar-refractivity contribution in [1.29, 1.82) is 0 Å². The number of benzene rings is 1. The summed E-state index contributed by atoms with van der Waals surface area (Å²) in [7, 11) is 0. The highest BCUT2D eigenvalue weighted by Crippen LogP contribution is 2.10. The minimum absolute atomic E-state index is 0.0928. The van der Waals surface area contributed by atoms with Gasteiger partial charge in [0.15, 0.2) is 6.61 Å². The van der Waals surface area contributed by atoms with E-state index in [1.54, 1.807) is 0 Å². The molecule has 0 aliphatic carbocycles. The first-order valence-electron chi connectivity index (χ1n) is 6.41. The smallest absolute Gasteiger partial charge is 0.326 e. The largest absolute Gasteiger partial charge is 0.484 e. The fourth-order valence-corrected chi connectivity index (χ4v) is 1.57. The van der Waals surface area contributed by atoms with Crippen LogP contribution in [0.4, 0.5) is 0 Å². The molecule has 2 amide bonds. The van der Waals surface area contributed by atoms with Crippen LogP contribution in [0, 0.1) is 0 Å². The zero-order chi connectivity index (χ0) is 16.5. The number of rotatable bonds is 9. The van der Waals surface area contributed by atoms with Crippen LogP contribution < -0.4 is 15.8 Å². The molecule has 8 heteroatoms. The number of aldehydes is 1. The van der Waals surface area contributed by atoms with Crippen LogP contribution in [0.2, 0.25) is 0 Å². The molecule has 0 heterocycles. The van der Waals surface area contributed by atoms with Gasteiger partial charge in [-0.3, -0.25) is 14.4 Å². The number of primary amides is 1. The van der Waals surface area contributed by atoms with Crippen molar-refractivity contribution in [2.75, 3.05) is 6.61 Å². The van der Waals surface area contributed by atoms with E-state index in [0.717, 1.165) is 0 Å². The van der Waals surface area contributed by atoms with Gasteiger partial charge in [0.2, 0.25) is 5.91 Å². The van der Waals surface area contributed by atoms with Gasteiger partial charge in [-0.2, -0.15) is 0 Å². The molecular formula is C14H16N2O6. The first kappa shape index (κ1) is 17.2. The maximum Gasteiger partial charge on any atom is 0.326 e. The molecule has 8 nitrogen and oxygen atoms in total. The molecule has 0 spiro atoms. The highest BCUT2D eigenvalue weighted by molar-refractivity contribution is 5.85. The normalized spacial score (nSPS) is 11.3. The van der Waals surface area contributed by atoms with Gasteiger partial charge in [-0.15, -0.1) is 0 Å². The summed E-state index contributed by atoms with van der Waals surface area (Å²) < 4.78 is 5.16. The van der Waals surface area contributed by atoms with Crippen molar-refractivity contribution in [3.05, 3.63) is 29.8 Å². The molecule has 1 rings (SSSR count). The molecule has 118 valence electrons. The minimum atomic E-state index is -1.26. The molecule has 0 saturated heterocycles. The van der Waals surface area contributed by atoms with Crippen molar-refractivity contribution in [1.82, 2.24) is 5.32 Å². The van der Waals surface area contributed by atoms with Crippen LogP contribution in [0.1, 0.15) is 23.2 Å². The lowest BCUT2D eigenvalue weighted by molar-refractivity contribution is -0.142. The van der Waals surface area contributed by atoms with E-state index in [-0.39, 0.29) is 19.4 Å². The number of amides is 2. The number of carbonyl (C=O) groups is 4. The van der Waals surface area contributed by atoms with Crippen LogP contribution in [-0.2, 0) is 14.4 Å². The monoisotopic (exact) mass is 308 g/mol. The number of aliphatic carboxylic acids is 1. The van der Waals surface area contributed by atoms with Gasteiger partial charge in [0.05, 0.1) is 0 Å². The molecule has 1 unspecified atom stereocenters. The molecule has 0 aliphatic heterocycles. The number of carboxylic acids is 1. The zero-order valence-electron chi connectivity index (χ0n) is 11.7. The van der Waals surface area contributed by atoms with Gasteiger partial charge in [-0.1, -0.05) is 0 Å². The Kier molecular flexibility index (Phi) is 6.55. The zero-order valence-corrected chi connectivity index (χ0v) is 11.7. The van der Waals surface area contributed by atoms with Crippen molar-refractivity contribution in [2.45, 2.75) is 18.9 Å². The van der Waals surface area contributed by atoms with E-state index >= 15 is 0 Å². The number of hydrogen-bond donors (Lipinski definition) is 3. The van der Waals surface area contributed by atoms with Crippen LogP contribution in [-0.4, -0.2) is 41.8 Å². The Balaban J connectivity index is 2.47. The summed E-state index contributed by atoms with van der Waals surface area (Å²) in [5.74, 6) is -2.18. The molecular weight excluding hydrogens is 292 g/mol. The third-order valence-electron chi connectivity index (χ3n) is 2.70. The van der Waals surface area contributed by atoms with Crippen LogP contribution in [0.15, 0.2) is 24.3 Å². The second-order valence-electron chi connectivity index (χ2n) is 4.44. The number of nitrogens with one attached hydrogen (secondary N) is 1. The molecule has 1 aromatic carbocycles. The third-order valence-corrected chi connectivity index (χ3v) is 2.70. The van der Waals surface area contributed by atoms with E-state index in [9.17, 15) is 19.2 Å².